The third kappa shape index (κ3) is 2.88. The number of nitrogen functional groups attached to an aromatic ring is 1. The first-order chi connectivity index (χ1) is 8.06. The summed E-state index contributed by atoms with van der Waals surface area (Å²) < 4.78 is 5.86. The quantitative estimate of drug-likeness (QED) is 0.824. The summed E-state index contributed by atoms with van der Waals surface area (Å²) >= 11 is 16.8. The monoisotopic (exact) mass is 287 g/mol. The van der Waals surface area contributed by atoms with Crippen molar-refractivity contribution >= 4 is 41.4 Å². The molecule has 7 heteroatoms. The van der Waals surface area contributed by atoms with Gasteiger partial charge in [-0.25, -0.2) is 4.98 Å². The average Bonchev–Trinajstić information content (AvgIpc) is 2.25. The number of H-pyrrole nitrogens is 1. The van der Waals surface area contributed by atoms with Crippen LogP contribution in [-0.2, 0) is 0 Å². The molecule has 2 aromatic rings. The highest BCUT2D eigenvalue weighted by molar-refractivity contribution is 7.71. The topological polar surface area (TPSA) is 63.9 Å². The smallest absolute Gasteiger partial charge is 0.198 e. The molecule has 1 aromatic carbocycles. The molecule has 4 nitrogen and oxygen atoms in total. The molecule has 0 radical (unpaired) electrons. The van der Waals surface area contributed by atoms with Crippen LogP contribution >= 0.6 is 35.4 Å². The third-order valence-corrected chi connectivity index (χ3v) is 2.73. The van der Waals surface area contributed by atoms with Crippen molar-refractivity contribution in [2.24, 2.45) is 0 Å². The second kappa shape index (κ2) is 4.91. The van der Waals surface area contributed by atoms with Gasteiger partial charge in [0.2, 0.25) is 0 Å². The van der Waals surface area contributed by atoms with Crippen LogP contribution in [-0.4, -0.2) is 9.97 Å². The first-order valence-electron chi connectivity index (χ1n) is 4.54. The minimum Gasteiger partial charge on any atom is -0.451 e. The lowest BCUT2D eigenvalue weighted by Crippen LogP contribution is -1.96. The van der Waals surface area contributed by atoms with E-state index in [1.54, 1.807) is 18.2 Å². The molecule has 1 aromatic heterocycles. The van der Waals surface area contributed by atoms with Crippen LogP contribution in [0.3, 0.4) is 0 Å². The van der Waals surface area contributed by atoms with Gasteiger partial charge in [0.25, 0.3) is 0 Å². The lowest BCUT2D eigenvalue weighted by molar-refractivity contribution is 0.476. The number of nitrogens with one attached hydrogen (secondary N) is 1. The number of hydrogen-bond acceptors (Lipinski definition) is 4. The number of benzene rings is 1. The van der Waals surface area contributed by atoms with Gasteiger partial charge in [0.1, 0.15) is 5.75 Å². The van der Waals surface area contributed by atoms with Gasteiger partial charge < -0.3 is 15.5 Å². The van der Waals surface area contributed by atoms with Gasteiger partial charge in [0, 0.05) is 5.02 Å². The molecule has 0 saturated heterocycles. The molecule has 0 atom stereocenters. The molecule has 0 amide bonds. The zero-order valence-electron chi connectivity index (χ0n) is 8.41. The van der Waals surface area contributed by atoms with Crippen molar-refractivity contribution in [2.45, 2.75) is 0 Å². The van der Waals surface area contributed by atoms with Crippen molar-refractivity contribution in [3.8, 4) is 11.5 Å². The van der Waals surface area contributed by atoms with Crippen LogP contribution in [0.4, 0.5) is 5.95 Å². The molecule has 17 heavy (non-hydrogen) atoms. The summed E-state index contributed by atoms with van der Waals surface area (Å²) in [4.78, 5) is 6.52. The lowest BCUT2D eigenvalue weighted by atomic mass is 10.3. The number of nitrogens with zero attached hydrogens (tertiary/aromatic N) is 1. The van der Waals surface area contributed by atoms with Crippen LogP contribution in [0.1, 0.15) is 0 Å². The fraction of sp³-hybridized carbons (Fsp3) is 0. The Morgan fingerprint density at radius 1 is 1.29 bits per heavy atom. The molecule has 3 N–H and O–H groups in total. The number of ether oxygens (including phenoxy) is 1. The lowest BCUT2D eigenvalue weighted by Gasteiger charge is -2.07. The number of rotatable bonds is 2. The van der Waals surface area contributed by atoms with E-state index in [0.29, 0.717) is 26.2 Å². The highest BCUT2D eigenvalue weighted by Crippen LogP contribution is 2.31. The summed E-state index contributed by atoms with van der Waals surface area (Å²) in [6, 6.07) is 4.89. The van der Waals surface area contributed by atoms with Crippen molar-refractivity contribution in [1.29, 1.82) is 0 Å². The molecule has 0 fully saturated rings. The molecule has 1 heterocycles. The van der Waals surface area contributed by atoms with Gasteiger partial charge in [0.05, 0.1) is 11.2 Å². The normalized spacial score (nSPS) is 10.2. The molecule has 0 saturated carbocycles. The molecule has 0 aliphatic carbocycles. The molecule has 0 spiro atoms. The van der Waals surface area contributed by atoms with Crippen LogP contribution in [0.5, 0.6) is 11.5 Å². The maximum atomic E-state index is 5.96. The van der Waals surface area contributed by atoms with Crippen molar-refractivity contribution in [2.75, 3.05) is 5.73 Å². The highest BCUT2D eigenvalue weighted by Gasteiger charge is 2.06. The Hall–Kier alpha value is -1.30. The van der Waals surface area contributed by atoms with Crippen molar-refractivity contribution in [3.63, 3.8) is 0 Å². The summed E-state index contributed by atoms with van der Waals surface area (Å²) in [5.74, 6) is 1.05. The van der Waals surface area contributed by atoms with Crippen LogP contribution in [0.25, 0.3) is 0 Å². The predicted octanol–water partition coefficient (Wildman–Crippen LogP) is 3.82. The SMILES string of the molecule is Nc1ncc(Oc2ccc(Cl)cc2Cl)c(=S)[nH]1. The van der Waals surface area contributed by atoms with E-state index < -0.39 is 0 Å². The van der Waals surface area contributed by atoms with Gasteiger partial charge in [-0.05, 0) is 18.2 Å². The number of nitrogens with two attached hydrogens (primary N) is 1. The largest absolute Gasteiger partial charge is 0.451 e. The maximum absolute atomic E-state index is 5.96. The first kappa shape index (κ1) is 12.2. The van der Waals surface area contributed by atoms with E-state index in [2.05, 4.69) is 9.97 Å². The van der Waals surface area contributed by atoms with Gasteiger partial charge in [0.15, 0.2) is 16.3 Å². The Morgan fingerprint density at radius 3 is 2.71 bits per heavy atom. The minimum absolute atomic E-state index is 0.226. The minimum atomic E-state index is 0.226. The van der Waals surface area contributed by atoms with E-state index in [9.17, 15) is 0 Å². The summed E-state index contributed by atoms with van der Waals surface area (Å²) in [7, 11) is 0. The highest BCUT2D eigenvalue weighted by atomic mass is 35.5. The number of aromatic amines is 1. The fourth-order valence-corrected chi connectivity index (χ4v) is 1.79. The van der Waals surface area contributed by atoms with E-state index in [4.69, 9.17) is 45.9 Å². The Morgan fingerprint density at radius 2 is 2.06 bits per heavy atom. The van der Waals surface area contributed by atoms with Crippen LogP contribution < -0.4 is 10.5 Å². The fourth-order valence-electron chi connectivity index (χ4n) is 1.15. The van der Waals surface area contributed by atoms with Crippen molar-refractivity contribution in [3.05, 3.63) is 39.1 Å². The Balaban J connectivity index is 2.35. The zero-order chi connectivity index (χ0) is 12.4. The molecule has 0 aliphatic heterocycles. The molecule has 0 bridgehead atoms. The Labute approximate surface area is 112 Å². The Kier molecular flexibility index (Phi) is 3.51. The Bertz CT molecular complexity index is 615. The van der Waals surface area contributed by atoms with Gasteiger partial charge in [-0.3, -0.25) is 0 Å². The van der Waals surface area contributed by atoms with Crippen molar-refractivity contribution in [1.82, 2.24) is 9.97 Å². The summed E-state index contributed by atoms with van der Waals surface area (Å²) in [6.45, 7) is 0. The van der Waals surface area contributed by atoms with Crippen LogP contribution in [0.2, 0.25) is 10.0 Å². The standard InChI is InChI=1S/C10H7Cl2N3OS/c11-5-1-2-7(6(12)3-5)16-8-4-14-10(13)15-9(8)17/h1-4H,(H3,13,14,15,17). The van der Waals surface area contributed by atoms with E-state index in [1.165, 1.54) is 6.20 Å². The molecule has 88 valence electrons. The second-order valence-electron chi connectivity index (χ2n) is 3.14. The number of hydrogen-bond donors (Lipinski definition) is 2. The first-order valence-corrected chi connectivity index (χ1v) is 5.70. The van der Waals surface area contributed by atoms with Gasteiger partial charge in [-0.15, -0.1) is 0 Å². The number of anilines is 1. The molecule has 2 rings (SSSR count). The maximum Gasteiger partial charge on any atom is 0.198 e. The molecular weight excluding hydrogens is 281 g/mol. The van der Waals surface area contributed by atoms with Crippen LogP contribution in [0, 0.1) is 4.64 Å². The molecule has 0 aliphatic rings. The van der Waals surface area contributed by atoms with Crippen LogP contribution in [0.15, 0.2) is 24.4 Å². The predicted molar refractivity (Wildman–Crippen MR) is 70.4 cm³/mol. The second-order valence-corrected chi connectivity index (χ2v) is 4.39. The molecule has 0 unspecified atom stereocenters. The summed E-state index contributed by atoms with van der Waals surface area (Å²) in [5, 5.41) is 0.923. The molecular formula is C10H7Cl2N3OS. The van der Waals surface area contributed by atoms with E-state index in [1.807, 2.05) is 0 Å². The van der Waals surface area contributed by atoms with E-state index in [-0.39, 0.29) is 5.95 Å². The van der Waals surface area contributed by atoms with Gasteiger partial charge >= 0.3 is 0 Å². The third-order valence-electron chi connectivity index (χ3n) is 1.90. The number of aromatic nitrogens is 2. The summed E-state index contributed by atoms with van der Waals surface area (Å²) in [5.41, 5.74) is 5.44. The zero-order valence-corrected chi connectivity index (χ0v) is 10.7. The van der Waals surface area contributed by atoms with Gasteiger partial charge in [-0.2, -0.15) is 0 Å². The van der Waals surface area contributed by atoms with E-state index in [0.717, 1.165) is 0 Å². The van der Waals surface area contributed by atoms with Gasteiger partial charge in [-0.1, -0.05) is 35.4 Å². The van der Waals surface area contributed by atoms with E-state index >= 15 is 0 Å². The number of halogens is 2. The van der Waals surface area contributed by atoms with Crippen molar-refractivity contribution < 1.29 is 4.74 Å². The summed E-state index contributed by atoms with van der Waals surface area (Å²) in [6.07, 6.45) is 1.43. The average molecular weight is 288 g/mol.